The zero-order chi connectivity index (χ0) is 21.5. The Labute approximate surface area is 184 Å². The highest BCUT2D eigenvalue weighted by atomic mass is 35.5. The molecule has 1 aromatic heterocycles. The van der Waals surface area contributed by atoms with E-state index in [4.69, 9.17) is 21.3 Å². The molecular weight excluding hydrogens is 425 g/mol. The number of thiazole rings is 1. The van der Waals surface area contributed by atoms with Gasteiger partial charge in [0.15, 0.2) is 5.13 Å². The van der Waals surface area contributed by atoms with Crippen molar-refractivity contribution in [3.8, 4) is 11.3 Å². The number of carbonyl (C=O) groups is 1. The molecule has 1 N–H and O–H groups in total. The third-order valence-corrected chi connectivity index (χ3v) is 5.64. The third kappa shape index (κ3) is 5.36. The van der Waals surface area contributed by atoms with E-state index in [1.54, 1.807) is 31.4 Å². The van der Waals surface area contributed by atoms with Gasteiger partial charge in [0.05, 0.1) is 12.3 Å². The van der Waals surface area contributed by atoms with E-state index in [1.165, 1.54) is 23.5 Å². The molecule has 158 valence electrons. The molecule has 3 aromatic rings. The molecule has 0 spiro atoms. The molecule has 3 rings (SSSR count). The normalized spacial score (nSPS) is 11.9. The van der Waals surface area contributed by atoms with Gasteiger partial charge in [-0.25, -0.2) is 9.37 Å². The van der Waals surface area contributed by atoms with E-state index in [9.17, 15) is 9.18 Å². The molecule has 0 aliphatic rings. The summed E-state index contributed by atoms with van der Waals surface area (Å²) in [5.74, 6) is -0.404. The number of nitrogens with zero attached hydrogens (tertiary/aromatic N) is 2. The molecular formula is C22H23ClFN3O2S. The van der Waals surface area contributed by atoms with Gasteiger partial charge in [-0.05, 0) is 55.0 Å². The number of methoxy groups -OCH3 is 1. The molecule has 0 aliphatic carbocycles. The number of carbonyl (C=O) groups excluding carboxylic acids is 1. The van der Waals surface area contributed by atoms with E-state index >= 15 is 0 Å². The highest BCUT2D eigenvalue weighted by Crippen LogP contribution is 2.35. The number of ether oxygens (including phenoxy) is 1. The predicted molar refractivity (Wildman–Crippen MR) is 120 cm³/mol. The maximum absolute atomic E-state index is 13.3. The second-order valence-electron chi connectivity index (χ2n) is 6.58. The first-order valence-electron chi connectivity index (χ1n) is 9.56. The first-order valence-corrected chi connectivity index (χ1v) is 10.8. The zero-order valence-corrected chi connectivity index (χ0v) is 18.3. The predicted octanol–water partition coefficient (Wildman–Crippen LogP) is 5.28. The molecule has 0 unspecified atom stereocenters. The number of hydrogen-bond donors (Lipinski definition) is 1. The maximum atomic E-state index is 13.3. The molecule has 1 heterocycles. The molecule has 8 heteroatoms. The molecule has 0 radical (unpaired) electrons. The minimum Gasteiger partial charge on any atom is -0.383 e. The van der Waals surface area contributed by atoms with Gasteiger partial charge in [0.1, 0.15) is 11.9 Å². The van der Waals surface area contributed by atoms with Gasteiger partial charge in [-0.15, -0.1) is 11.3 Å². The second kappa shape index (κ2) is 10.5. The Hall–Kier alpha value is -2.48. The van der Waals surface area contributed by atoms with Gasteiger partial charge in [-0.3, -0.25) is 4.79 Å². The minimum absolute atomic E-state index is 0.108. The van der Waals surface area contributed by atoms with Crippen molar-refractivity contribution >= 4 is 39.7 Å². The van der Waals surface area contributed by atoms with Crippen LogP contribution in [0, 0.1) is 5.82 Å². The minimum atomic E-state index is -0.463. The van der Waals surface area contributed by atoms with Crippen LogP contribution in [-0.2, 0) is 9.53 Å². The lowest BCUT2D eigenvalue weighted by Crippen LogP contribution is -2.45. The summed E-state index contributed by atoms with van der Waals surface area (Å²) in [7, 11) is 1.59. The average molecular weight is 448 g/mol. The second-order valence-corrected chi connectivity index (χ2v) is 7.85. The molecule has 1 amide bonds. The first kappa shape index (κ1) is 22.2. The van der Waals surface area contributed by atoms with Crippen molar-refractivity contribution in [3.05, 3.63) is 64.8 Å². The van der Waals surface area contributed by atoms with Crippen LogP contribution in [0.15, 0.2) is 53.9 Å². The van der Waals surface area contributed by atoms with Crippen molar-refractivity contribution in [1.29, 1.82) is 0 Å². The topological polar surface area (TPSA) is 54.5 Å². The first-order chi connectivity index (χ1) is 14.5. The molecule has 5 nitrogen and oxygen atoms in total. The Morgan fingerprint density at radius 2 is 1.93 bits per heavy atom. The quantitative estimate of drug-likeness (QED) is 0.453. The Morgan fingerprint density at radius 1 is 1.23 bits per heavy atom. The van der Waals surface area contributed by atoms with Crippen molar-refractivity contribution in [3.63, 3.8) is 0 Å². The molecule has 2 aromatic carbocycles. The fourth-order valence-corrected chi connectivity index (χ4v) is 4.06. The molecule has 0 saturated carbocycles. The SMILES string of the molecule is CC[C@@H](C(=O)NCCOC)N(c1ccc(Cl)cc1)c1nc(-c2ccc(F)cc2)cs1. The zero-order valence-electron chi connectivity index (χ0n) is 16.8. The highest BCUT2D eigenvalue weighted by molar-refractivity contribution is 7.14. The summed E-state index contributed by atoms with van der Waals surface area (Å²) < 4.78 is 18.3. The fourth-order valence-electron chi connectivity index (χ4n) is 3.03. The van der Waals surface area contributed by atoms with Crippen LogP contribution in [0.25, 0.3) is 11.3 Å². The monoisotopic (exact) mass is 447 g/mol. The average Bonchev–Trinajstić information content (AvgIpc) is 3.23. The van der Waals surface area contributed by atoms with E-state index in [2.05, 4.69) is 5.32 Å². The molecule has 30 heavy (non-hydrogen) atoms. The number of benzene rings is 2. The lowest BCUT2D eigenvalue weighted by atomic mass is 10.1. The molecule has 0 saturated heterocycles. The van der Waals surface area contributed by atoms with E-state index in [-0.39, 0.29) is 11.7 Å². The standard InChI is InChI=1S/C22H23ClFN3O2S/c1-3-20(21(28)25-12-13-29-2)27(18-10-6-16(23)7-11-18)22-26-19(14-30-22)15-4-8-17(24)9-5-15/h4-11,14,20H,3,12-13H2,1-2H3,(H,25,28)/t20-/m0/s1. The highest BCUT2D eigenvalue weighted by Gasteiger charge is 2.28. The van der Waals surface area contributed by atoms with Gasteiger partial charge in [0.2, 0.25) is 5.91 Å². The Morgan fingerprint density at radius 3 is 2.57 bits per heavy atom. The summed E-state index contributed by atoms with van der Waals surface area (Å²) >= 11 is 7.49. The smallest absolute Gasteiger partial charge is 0.243 e. The van der Waals surface area contributed by atoms with Crippen molar-refractivity contribution in [2.24, 2.45) is 0 Å². The summed E-state index contributed by atoms with van der Waals surface area (Å²) in [6.07, 6.45) is 0.576. The summed E-state index contributed by atoms with van der Waals surface area (Å²) in [5, 5.41) is 6.10. The van der Waals surface area contributed by atoms with E-state index in [1.807, 2.05) is 29.3 Å². The largest absolute Gasteiger partial charge is 0.383 e. The van der Waals surface area contributed by atoms with Crippen LogP contribution in [0.3, 0.4) is 0 Å². The van der Waals surface area contributed by atoms with Crippen molar-refractivity contribution in [2.45, 2.75) is 19.4 Å². The fraction of sp³-hybridized carbons (Fsp3) is 0.273. The van der Waals surface area contributed by atoms with Gasteiger partial charge < -0.3 is 15.0 Å². The van der Waals surface area contributed by atoms with Crippen molar-refractivity contribution in [2.75, 3.05) is 25.2 Å². The van der Waals surface area contributed by atoms with Crippen LogP contribution in [0.5, 0.6) is 0 Å². The van der Waals surface area contributed by atoms with Gasteiger partial charge in [0.25, 0.3) is 0 Å². The lowest BCUT2D eigenvalue weighted by molar-refractivity contribution is -0.122. The van der Waals surface area contributed by atoms with Crippen LogP contribution in [-0.4, -0.2) is 37.2 Å². The van der Waals surface area contributed by atoms with Gasteiger partial charge >= 0.3 is 0 Å². The van der Waals surface area contributed by atoms with Crippen molar-refractivity contribution in [1.82, 2.24) is 10.3 Å². The molecule has 0 bridgehead atoms. The van der Waals surface area contributed by atoms with Crippen LogP contribution in [0.2, 0.25) is 5.02 Å². The van der Waals surface area contributed by atoms with Crippen LogP contribution >= 0.6 is 22.9 Å². The van der Waals surface area contributed by atoms with E-state index in [0.717, 1.165) is 16.9 Å². The molecule has 0 aliphatic heterocycles. The van der Waals surface area contributed by atoms with Gasteiger partial charge in [0, 0.05) is 35.3 Å². The van der Waals surface area contributed by atoms with E-state index in [0.29, 0.717) is 29.7 Å². The molecule has 1 atom stereocenters. The van der Waals surface area contributed by atoms with Gasteiger partial charge in [-0.2, -0.15) is 0 Å². The Kier molecular flexibility index (Phi) is 7.79. The summed E-state index contributed by atoms with van der Waals surface area (Å²) in [5.41, 5.74) is 2.35. The number of nitrogens with one attached hydrogen (secondary N) is 1. The lowest BCUT2D eigenvalue weighted by Gasteiger charge is -2.30. The number of aromatic nitrogens is 1. The number of amides is 1. The summed E-state index contributed by atoms with van der Waals surface area (Å²) in [6, 6.07) is 13.0. The molecule has 0 fully saturated rings. The number of halogens is 2. The number of anilines is 2. The Balaban J connectivity index is 1.96. The van der Waals surface area contributed by atoms with Gasteiger partial charge in [-0.1, -0.05) is 18.5 Å². The van der Waals surface area contributed by atoms with Crippen LogP contribution in [0.1, 0.15) is 13.3 Å². The number of hydrogen-bond acceptors (Lipinski definition) is 5. The van der Waals surface area contributed by atoms with E-state index < -0.39 is 6.04 Å². The van der Waals surface area contributed by atoms with Crippen molar-refractivity contribution < 1.29 is 13.9 Å². The maximum Gasteiger partial charge on any atom is 0.243 e. The third-order valence-electron chi connectivity index (χ3n) is 4.55. The summed E-state index contributed by atoms with van der Waals surface area (Å²) in [6.45, 7) is 2.83. The van der Waals surface area contributed by atoms with Crippen LogP contribution < -0.4 is 10.2 Å². The summed E-state index contributed by atoms with van der Waals surface area (Å²) in [4.78, 5) is 19.6. The van der Waals surface area contributed by atoms with Crippen LogP contribution in [0.4, 0.5) is 15.2 Å². The number of rotatable bonds is 9. The Bertz CT molecular complexity index is 963.